The van der Waals surface area contributed by atoms with E-state index in [1.54, 1.807) is 35.2 Å². The molecule has 0 radical (unpaired) electrons. The minimum Gasteiger partial charge on any atom is -0.494 e. The molecule has 3 aromatic carbocycles. The number of halogens is 2. The van der Waals surface area contributed by atoms with Crippen LogP contribution in [0, 0.1) is 0 Å². The standard InChI is InChI=1S/C25H22Cl2N2O2S2/c1-2-3-13-31-18-10-7-16(8-11-18)24(30)28-17-9-12-22-23(14-17)33-25(29-22)32-15-19-20(26)5-4-6-21(19)27/h4-12,14H,2-3,13,15H2,1H3,(H,28,30). The molecular weight excluding hydrogens is 495 g/mol. The van der Waals surface area contributed by atoms with Gasteiger partial charge < -0.3 is 10.1 Å². The number of hydrogen-bond acceptors (Lipinski definition) is 5. The number of amides is 1. The highest BCUT2D eigenvalue weighted by molar-refractivity contribution is 8.00. The summed E-state index contributed by atoms with van der Waals surface area (Å²) in [5.74, 6) is 1.25. The van der Waals surface area contributed by atoms with Crippen molar-refractivity contribution in [2.45, 2.75) is 29.9 Å². The van der Waals surface area contributed by atoms with E-state index in [9.17, 15) is 4.79 Å². The van der Waals surface area contributed by atoms with E-state index in [0.29, 0.717) is 28.0 Å². The van der Waals surface area contributed by atoms with E-state index in [1.807, 2.05) is 48.5 Å². The van der Waals surface area contributed by atoms with Crippen molar-refractivity contribution in [1.82, 2.24) is 4.98 Å². The molecule has 0 unspecified atom stereocenters. The van der Waals surface area contributed by atoms with Crippen molar-refractivity contribution in [3.05, 3.63) is 81.8 Å². The number of hydrogen-bond donors (Lipinski definition) is 1. The maximum absolute atomic E-state index is 12.7. The summed E-state index contributed by atoms with van der Waals surface area (Å²) >= 11 is 15.7. The highest BCUT2D eigenvalue weighted by Gasteiger charge is 2.11. The fourth-order valence-corrected chi connectivity index (χ4v) is 5.94. The van der Waals surface area contributed by atoms with Crippen molar-refractivity contribution in [3.8, 4) is 5.75 Å². The van der Waals surface area contributed by atoms with Crippen molar-refractivity contribution in [2.24, 2.45) is 0 Å². The molecule has 4 nitrogen and oxygen atoms in total. The zero-order valence-corrected chi connectivity index (χ0v) is 21.1. The predicted octanol–water partition coefficient (Wildman–Crippen LogP) is 8.33. The van der Waals surface area contributed by atoms with Gasteiger partial charge in [-0.05, 0) is 66.6 Å². The minimum absolute atomic E-state index is 0.165. The van der Waals surface area contributed by atoms with Gasteiger partial charge in [0, 0.05) is 27.0 Å². The number of anilines is 1. The lowest BCUT2D eigenvalue weighted by molar-refractivity contribution is 0.102. The van der Waals surface area contributed by atoms with Gasteiger partial charge in [-0.2, -0.15) is 0 Å². The normalized spacial score (nSPS) is 11.0. The molecule has 0 spiro atoms. The van der Waals surface area contributed by atoms with Gasteiger partial charge in [0.15, 0.2) is 4.34 Å². The third-order valence-electron chi connectivity index (χ3n) is 4.91. The van der Waals surface area contributed by atoms with Crippen molar-refractivity contribution in [3.63, 3.8) is 0 Å². The summed E-state index contributed by atoms with van der Waals surface area (Å²) < 4.78 is 7.58. The first-order valence-electron chi connectivity index (χ1n) is 10.5. The number of unbranched alkanes of at least 4 members (excludes halogenated alkanes) is 1. The monoisotopic (exact) mass is 516 g/mol. The van der Waals surface area contributed by atoms with E-state index in [0.717, 1.165) is 44.4 Å². The number of carbonyl (C=O) groups excluding carboxylic acids is 1. The van der Waals surface area contributed by atoms with Crippen molar-refractivity contribution in [1.29, 1.82) is 0 Å². The van der Waals surface area contributed by atoms with Crippen LogP contribution in [0.2, 0.25) is 10.0 Å². The number of nitrogens with one attached hydrogen (secondary N) is 1. The van der Waals surface area contributed by atoms with Gasteiger partial charge in [0.25, 0.3) is 5.91 Å². The Labute approximate surface area is 211 Å². The lowest BCUT2D eigenvalue weighted by Gasteiger charge is -2.07. The number of thiazole rings is 1. The topological polar surface area (TPSA) is 51.2 Å². The molecule has 33 heavy (non-hydrogen) atoms. The molecule has 0 aliphatic rings. The van der Waals surface area contributed by atoms with Crippen LogP contribution >= 0.6 is 46.3 Å². The largest absolute Gasteiger partial charge is 0.494 e. The Morgan fingerprint density at radius 2 is 1.85 bits per heavy atom. The Balaban J connectivity index is 1.40. The summed E-state index contributed by atoms with van der Waals surface area (Å²) in [7, 11) is 0. The second-order valence-corrected chi connectivity index (χ2v) is 10.4. The molecule has 0 aliphatic carbocycles. The Hall–Kier alpha value is -2.25. The molecular formula is C25H22Cl2N2O2S2. The number of thioether (sulfide) groups is 1. The first kappa shape index (κ1) is 23.9. The zero-order chi connectivity index (χ0) is 23.2. The number of ether oxygens (including phenoxy) is 1. The number of fused-ring (bicyclic) bond motifs is 1. The molecule has 0 saturated heterocycles. The van der Waals surface area contributed by atoms with Gasteiger partial charge in [0.2, 0.25) is 0 Å². The molecule has 1 N–H and O–H groups in total. The first-order chi connectivity index (χ1) is 16.0. The second kappa shape index (κ2) is 11.3. The molecule has 4 rings (SSSR count). The lowest BCUT2D eigenvalue weighted by Crippen LogP contribution is -2.11. The number of nitrogens with zero attached hydrogens (tertiary/aromatic N) is 1. The van der Waals surface area contributed by atoms with Crippen LogP contribution in [0.25, 0.3) is 10.2 Å². The molecule has 8 heteroatoms. The zero-order valence-electron chi connectivity index (χ0n) is 17.9. The van der Waals surface area contributed by atoms with E-state index >= 15 is 0 Å². The van der Waals surface area contributed by atoms with E-state index in [1.165, 1.54) is 0 Å². The van der Waals surface area contributed by atoms with Crippen LogP contribution in [0.1, 0.15) is 35.7 Å². The molecule has 0 fully saturated rings. The van der Waals surface area contributed by atoms with Crippen LogP contribution in [0.5, 0.6) is 5.75 Å². The highest BCUT2D eigenvalue weighted by Crippen LogP contribution is 2.36. The van der Waals surface area contributed by atoms with Crippen molar-refractivity contribution < 1.29 is 9.53 Å². The van der Waals surface area contributed by atoms with Crippen LogP contribution in [-0.4, -0.2) is 17.5 Å². The number of benzene rings is 3. The number of aromatic nitrogens is 1. The van der Waals surface area contributed by atoms with Crippen LogP contribution in [0.15, 0.2) is 65.0 Å². The van der Waals surface area contributed by atoms with Crippen molar-refractivity contribution in [2.75, 3.05) is 11.9 Å². The van der Waals surface area contributed by atoms with E-state index in [2.05, 4.69) is 17.2 Å². The maximum atomic E-state index is 12.7. The average Bonchev–Trinajstić information content (AvgIpc) is 3.21. The Morgan fingerprint density at radius 3 is 2.58 bits per heavy atom. The fourth-order valence-electron chi connectivity index (χ4n) is 3.09. The Bertz CT molecular complexity index is 1240. The predicted molar refractivity (Wildman–Crippen MR) is 140 cm³/mol. The summed E-state index contributed by atoms with van der Waals surface area (Å²) in [5.41, 5.74) is 3.10. The third-order valence-corrected chi connectivity index (χ3v) is 7.81. The maximum Gasteiger partial charge on any atom is 0.255 e. The second-order valence-electron chi connectivity index (χ2n) is 7.33. The molecule has 1 aromatic heterocycles. The summed E-state index contributed by atoms with van der Waals surface area (Å²) in [4.78, 5) is 17.3. The van der Waals surface area contributed by atoms with Crippen LogP contribution in [-0.2, 0) is 5.75 Å². The van der Waals surface area contributed by atoms with E-state index in [4.69, 9.17) is 27.9 Å². The van der Waals surface area contributed by atoms with Gasteiger partial charge in [0.1, 0.15) is 5.75 Å². The summed E-state index contributed by atoms with van der Waals surface area (Å²) in [6.45, 7) is 2.80. The molecule has 0 saturated carbocycles. The van der Waals surface area contributed by atoms with Crippen LogP contribution < -0.4 is 10.1 Å². The first-order valence-corrected chi connectivity index (χ1v) is 13.1. The van der Waals surface area contributed by atoms with Crippen LogP contribution in [0.3, 0.4) is 0 Å². The molecule has 1 heterocycles. The van der Waals surface area contributed by atoms with Crippen LogP contribution in [0.4, 0.5) is 5.69 Å². The summed E-state index contributed by atoms with van der Waals surface area (Å²) in [6, 6.07) is 18.4. The van der Waals surface area contributed by atoms with Gasteiger partial charge in [-0.15, -0.1) is 11.3 Å². The van der Waals surface area contributed by atoms with Gasteiger partial charge in [0.05, 0.1) is 16.8 Å². The molecule has 0 aliphatic heterocycles. The number of rotatable bonds is 9. The Morgan fingerprint density at radius 1 is 1.09 bits per heavy atom. The molecule has 170 valence electrons. The Kier molecular flexibility index (Phi) is 8.15. The quantitative estimate of drug-likeness (QED) is 0.179. The summed E-state index contributed by atoms with van der Waals surface area (Å²) in [5, 5.41) is 4.27. The third kappa shape index (κ3) is 6.21. The van der Waals surface area contributed by atoms with E-state index in [-0.39, 0.29) is 5.91 Å². The van der Waals surface area contributed by atoms with Gasteiger partial charge in [-0.25, -0.2) is 4.98 Å². The lowest BCUT2D eigenvalue weighted by atomic mass is 10.2. The highest BCUT2D eigenvalue weighted by atomic mass is 35.5. The smallest absolute Gasteiger partial charge is 0.255 e. The molecule has 0 bridgehead atoms. The van der Waals surface area contributed by atoms with Gasteiger partial charge in [-0.1, -0.05) is 54.4 Å². The molecule has 0 atom stereocenters. The minimum atomic E-state index is -0.165. The molecule has 4 aromatic rings. The average molecular weight is 518 g/mol. The van der Waals surface area contributed by atoms with Gasteiger partial charge >= 0.3 is 0 Å². The fraction of sp³-hybridized carbons (Fsp3) is 0.200. The summed E-state index contributed by atoms with van der Waals surface area (Å²) in [6.07, 6.45) is 2.09. The SMILES string of the molecule is CCCCOc1ccc(C(=O)Nc2ccc3nc(SCc4c(Cl)cccc4Cl)sc3c2)cc1. The number of carbonyl (C=O) groups is 1. The van der Waals surface area contributed by atoms with Gasteiger partial charge in [-0.3, -0.25) is 4.79 Å². The molecule has 1 amide bonds. The van der Waals surface area contributed by atoms with E-state index < -0.39 is 0 Å². The van der Waals surface area contributed by atoms with Crippen molar-refractivity contribution >= 4 is 68.1 Å².